The molecule has 0 aliphatic carbocycles. The topological polar surface area (TPSA) is 96.6 Å². The van der Waals surface area contributed by atoms with Gasteiger partial charge in [-0.25, -0.2) is 0 Å². The number of H-pyrrole nitrogens is 1. The lowest BCUT2D eigenvalue weighted by Crippen LogP contribution is -2.39. The summed E-state index contributed by atoms with van der Waals surface area (Å²) in [4.78, 5) is 27.9. The fraction of sp³-hybridized carbons (Fsp3) is 0.370. The van der Waals surface area contributed by atoms with Crippen LogP contribution in [0.2, 0.25) is 5.02 Å². The largest absolute Gasteiger partial charge is 0.490 e. The molecule has 190 valence electrons. The Morgan fingerprint density at radius 3 is 2.58 bits per heavy atom. The lowest BCUT2D eigenvalue weighted by Gasteiger charge is -2.22. The van der Waals surface area contributed by atoms with Gasteiger partial charge in [-0.15, -0.1) is 0 Å². The Hall–Kier alpha value is -3.52. The molecular formula is C27H31ClN4O4. The van der Waals surface area contributed by atoms with Crippen LogP contribution in [0.15, 0.2) is 48.5 Å². The normalized spacial score (nSPS) is 15.3. The van der Waals surface area contributed by atoms with E-state index < -0.39 is 0 Å². The van der Waals surface area contributed by atoms with Crippen LogP contribution in [-0.4, -0.2) is 46.6 Å². The zero-order valence-electron chi connectivity index (χ0n) is 20.6. The molecule has 1 aliphatic heterocycles. The van der Waals surface area contributed by atoms with Crippen molar-refractivity contribution in [3.05, 3.63) is 64.9 Å². The molecule has 2 aromatic carbocycles. The van der Waals surface area contributed by atoms with Crippen molar-refractivity contribution in [3.8, 4) is 17.2 Å². The number of halogens is 1. The molecule has 8 nitrogen and oxygen atoms in total. The average Bonchev–Trinajstić information content (AvgIpc) is 3.35. The summed E-state index contributed by atoms with van der Waals surface area (Å²) in [6.07, 6.45) is 3.48. The van der Waals surface area contributed by atoms with Gasteiger partial charge in [-0.1, -0.05) is 50.4 Å². The van der Waals surface area contributed by atoms with E-state index in [0.717, 1.165) is 31.4 Å². The molecule has 0 bridgehead atoms. The highest BCUT2D eigenvalue weighted by Crippen LogP contribution is 2.36. The van der Waals surface area contributed by atoms with Gasteiger partial charge >= 0.3 is 0 Å². The zero-order chi connectivity index (χ0) is 25.5. The highest BCUT2D eigenvalue weighted by Gasteiger charge is 2.23. The van der Waals surface area contributed by atoms with Crippen molar-refractivity contribution in [1.82, 2.24) is 15.1 Å². The van der Waals surface area contributed by atoms with Crippen LogP contribution in [0.5, 0.6) is 17.2 Å². The van der Waals surface area contributed by atoms with Crippen LogP contribution in [-0.2, 0) is 4.79 Å². The Kier molecular flexibility index (Phi) is 8.48. The van der Waals surface area contributed by atoms with Gasteiger partial charge in [-0.2, -0.15) is 5.10 Å². The molecule has 9 heteroatoms. The third-order valence-electron chi connectivity index (χ3n) is 5.93. The molecular weight excluding hydrogens is 480 g/mol. The highest BCUT2D eigenvalue weighted by atomic mass is 35.5. The van der Waals surface area contributed by atoms with Gasteiger partial charge in [-0.3, -0.25) is 14.7 Å². The van der Waals surface area contributed by atoms with Crippen LogP contribution in [0.3, 0.4) is 0 Å². The third-order valence-corrected chi connectivity index (χ3v) is 6.16. The summed E-state index contributed by atoms with van der Waals surface area (Å²) in [5.74, 6) is 1.17. The number of hydrogen-bond acceptors (Lipinski definition) is 5. The van der Waals surface area contributed by atoms with E-state index >= 15 is 0 Å². The van der Waals surface area contributed by atoms with Crippen molar-refractivity contribution in [3.63, 3.8) is 0 Å². The Morgan fingerprint density at radius 1 is 1.03 bits per heavy atom. The Labute approximate surface area is 215 Å². The smallest absolute Gasteiger partial charge is 0.274 e. The average molecular weight is 511 g/mol. The van der Waals surface area contributed by atoms with Gasteiger partial charge in [0.05, 0.1) is 12.3 Å². The first kappa shape index (κ1) is 25.6. The van der Waals surface area contributed by atoms with Gasteiger partial charge in [-0.05, 0) is 55.2 Å². The number of nitrogens with one attached hydrogen (secondary N) is 2. The van der Waals surface area contributed by atoms with E-state index in [4.69, 9.17) is 21.1 Å². The minimum Gasteiger partial charge on any atom is -0.490 e. The summed E-state index contributed by atoms with van der Waals surface area (Å²) >= 11 is 6.22. The molecule has 2 N–H and O–H groups in total. The molecule has 2 amide bonds. The first-order chi connectivity index (χ1) is 17.4. The molecule has 1 aliphatic rings. The third kappa shape index (κ3) is 6.57. The van der Waals surface area contributed by atoms with Crippen molar-refractivity contribution in [2.45, 2.75) is 45.4 Å². The SMILES string of the molecule is CC(C)c1cc(C(=O)N2CCCCCCOc3ccccc3Oc3ccc(Cl)cc3NC(=O)C2)n[nH]1. The number of aromatic amines is 1. The number of aromatic nitrogens is 2. The molecule has 0 spiro atoms. The van der Waals surface area contributed by atoms with E-state index in [1.54, 1.807) is 29.2 Å². The fourth-order valence-electron chi connectivity index (χ4n) is 3.92. The summed E-state index contributed by atoms with van der Waals surface area (Å²) in [5, 5.41) is 10.4. The molecule has 3 aromatic rings. The van der Waals surface area contributed by atoms with Crippen LogP contribution in [0, 0.1) is 0 Å². The van der Waals surface area contributed by atoms with E-state index in [9.17, 15) is 9.59 Å². The lowest BCUT2D eigenvalue weighted by atomic mass is 10.1. The first-order valence-electron chi connectivity index (χ1n) is 12.2. The number of ether oxygens (including phenoxy) is 2. The quantitative estimate of drug-likeness (QED) is 0.440. The summed E-state index contributed by atoms with van der Waals surface area (Å²) < 4.78 is 12.1. The number of hydrogen-bond donors (Lipinski definition) is 2. The zero-order valence-corrected chi connectivity index (χ0v) is 21.3. The molecule has 1 aromatic heterocycles. The van der Waals surface area contributed by atoms with Gasteiger partial charge in [0.1, 0.15) is 12.2 Å². The number of fused-ring (bicyclic) bond motifs is 2. The number of carbonyl (C=O) groups excluding carboxylic acids is 2. The summed E-state index contributed by atoms with van der Waals surface area (Å²) in [5.41, 5.74) is 1.58. The predicted octanol–water partition coefficient (Wildman–Crippen LogP) is 6.01. The summed E-state index contributed by atoms with van der Waals surface area (Å²) in [7, 11) is 0. The lowest BCUT2D eigenvalue weighted by molar-refractivity contribution is -0.116. The second-order valence-electron chi connectivity index (χ2n) is 9.09. The van der Waals surface area contributed by atoms with Crippen molar-refractivity contribution in [2.75, 3.05) is 25.0 Å². The molecule has 0 radical (unpaired) electrons. The molecule has 2 heterocycles. The van der Waals surface area contributed by atoms with Crippen LogP contribution in [0.4, 0.5) is 5.69 Å². The maximum absolute atomic E-state index is 13.3. The van der Waals surface area contributed by atoms with Gasteiger partial charge in [0, 0.05) is 17.3 Å². The number of para-hydroxylation sites is 2. The first-order valence-corrected chi connectivity index (χ1v) is 12.6. The van der Waals surface area contributed by atoms with Gasteiger partial charge in [0.2, 0.25) is 5.91 Å². The Balaban J connectivity index is 1.59. The molecule has 0 fully saturated rings. The van der Waals surface area contributed by atoms with E-state index in [1.165, 1.54) is 0 Å². The highest BCUT2D eigenvalue weighted by molar-refractivity contribution is 6.31. The van der Waals surface area contributed by atoms with Gasteiger partial charge in [0.15, 0.2) is 17.2 Å². The second-order valence-corrected chi connectivity index (χ2v) is 9.53. The molecule has 0 unspecified atom stereocenters. The molecule has 4 rings (SSSR count). The van der Waals surface area contributed by atoms with Crippen LogP contribution in [0.1, 0.15) is 61.6 Å². The molecule has 0 saturated carbocycles. The van der Waals surface area contributed by atoms with Crippen LogP contribution >= 0.6 is 11.6 Å². The number of anilines is 1. The molecule has 0 saturated heterocycles. The standard InChI is InChI=1S/C27H31ClN4O4/c1-18(2)20-16-22(31-30-20)27(34)32-13-7-3-4-8-14-35-24-9-5-6-10-25(24)36-23-12-11-19(28)15-21(23)29-26(33)17-32/h5-6,9-12,15-16,18H,3-4,7-8,13-14,17H2,1-2H3,(H,29,33)(H,30,31). The van der Waals surface area contributed by atoms with Crippen molar-refractivity contribution >= 4 is 29.1 Å². The van der Waals surface area contributed by atoms with E-state index in [0.29, 0.717) is 46.8 Å². The summed E-state index contributed by atoms with van der Waals surface area (Å²) in [6, 6.07) is 14.2. The maximum Gasteiger partial charge on any atom is 0.274 e. The molecule has 0 atom stereocenters. The van der Waals surface area contributed by atoms with E-state index in [2.05, 4.69) is 15.5 Å². The monoisotopic (exact) mass is 510 g/mol. The van der Waals surface area contributed by atoms with Gasteiger partial charge < -0.3 is 19.7 Å². The minimum absolute atomic E-state index is 0.117. The van der Waals surface area contributed by atoms with Crippen molar-refractivity contribution < 1.29 is 19.1 Å². The number of nitrogens with zero attached hydrogens (tertiary/aromatic N) is 2. The Morgan fingerprint density at radius 2 is 1.81 bits per heavy atom. The van der Waals surface area contributed by atoms with Crippen molar-refractivity contribution in [1.29, 1.82) is 0 Å². The van der Waals surface area contributed by atoms with Crippen LogP contribution < -0.4 is 14.8 Å². The summed E-state index contributed by atoms with van der Waals surface area (Å²) in [6.45, 7) is 4.93. The number of benzene rings is 2. The van der Waals surface area contributed by atoms with Crippen molar-refractivity contribution in [2.24, 2.45) is 0 Å². The van der Waals surface area contributed by atoms with E-state index in [-0.39, 0.29) is 24.3 Å². The maximum atomic E-state index is 13.3. The van der Waals surface area contributed by atoms with Crippen LogP contribution in [0.25, 0.3) is 0 Å². The fourth-order valence-corrected chi connectivity index (χ4v) is 4.09. The second kappa shape index (κ2) is 11.9. The van der Waals surface area contributed by atoms with E-state index in [1.807, 2.05) is 38.1 Å². The number of rotatable bonds is 2. The predicted molar refractivity (Wildman–Crippen MR) is 139 cm³/mol. The minimum atomic E-state index is -0.355. The number of amides is 2. The number of carbonyl (C=O) groups is 2. The van der Waals surface area contributed by atoms with Gasteiger partial charge in [0.25, 0.3) is 5.91 Å². The molecule has 36 heavy (non-hydrogen) atoms. The Bertz CT molecular complexity index is 1210.